The van der Waals surface area contributed by atoms with E-state index in [-0.39, 0.29) is 17.4 Å². The van der Waals surface area contributed by atoms with Crippen LogP contribution in [0.4, 0.5) is 5.69 Å². The second kappa shape index (κ2) is 8.97. The van der Waals surface area contributed by atoms with Crippen LogP contribution in [0.5, 0.6) is 0 Å². The lowest BCUT2D eigenvalue weighted by molar-refractivity contribution is -0.115. The number of carbonyl (C=O) groups excluding carboxylic acids is 3. The molecule has 0 aliphatic rings. The lowest BCUT2D eigenvalue weighted by Crippen LogP contribution is -2.15. The zero-order valence-corrected chi connectivity index (χ0v) is 16.1. The number of aromatic nitrogens is 1. The van der Waals surface area contributed by atoms with E-state index in [1.54, 1.807) is 38.1 Å². The van der Waals surface area contributed by atoms with E-state index < -0.39 is 12.6 Å². The van der Waals surface area contributed by atoms with E-state index in [0.717, 1.165) is 5.56 Å². The molecule has 3 aromatic rings. The number of nitrogens with zero attached hydrogens (tertiary/aromatic N) is 1. The fraction of sp³-hybridized carbons (Fsp3) is 0.182. The number of rotatable bonds is 7. The van der Waals surface area contributed by atoms with Crippen molar-refractivity contribution in [3.63, 3.8) is 0 Å². The minimum atomic E-state index is -0.728. The van der Waals surface area contributed by atoms with Crippen molar-refractivity contribution >= 4 is 23.3 Å². The summed E-state index contributed by atoms with van der Waals surface area (Å²) >= 11 is 0. The predicted octanol–water partition coefficient (Wildman–Crippen LogP) is 4.04. The summed E-state index contributed by atoms with van der Waals surface area (Å²) in [6, 6.07) is 15.5. The molecule has 0 fully saturated rings. The molecule has 1 aromatic heterocycles. The Morgan fingerprint density at radius 3 is 2.38 bits per heavy atom. The standard InChI is InChI=1S/C22H20N2O5/c1-3-19(26)23-17-11-9-15(10-12-17)18(25)13-28-22(27)20-14(2)29-21(24-20)16-7-5-4-6-8-16/h4-12H,3,13H2,1-2H3,(H,23,26). The molecule has 0 spiro atoms. The van der Waals surface area contributed by atoms with Gasteiger partial charge in [0.25, 0.3) is 0 Å². The molecule has 7 heteroatoms. The van der Waals surface area contributed by atoms with Gasteiger partial charge in [0.2, 0.25) is 11.8 Å². The van der Waals surface area contributed by atoms with Gasteiger partial charge in [-0.3, -0.25) is 9.59 Å². The Kier molecular flexibility index (Phi) is 6.19. The molecule has 29 heavy (non-hydrogen) atoms. The summed E-state index contributed by atoms with van der Waals surface area (Å²) in [6.07, 6.45) is 0.365. The highest BCUT2D eigenvalue weighted by molar-refractivity contribution is 6.00. The van der Waals surface area contributed by atoms with Gasteiger partial charge in [0.1, 0.15) is 5.76 Å². The number of carbonyl (C=O) groups is 3. The first-order chi connectivity index (χ1) is 14.0. The van der Waals surface area contributed by atoms with Crippen molar-refractivity contribution in [2.45, 2.75) is 20.3 Å². The SMILES string of the molecule is CCC(=O)Nc1ccc(C(=O)COC(=O)c2nc(-c3ccccc3)oc2C)cc1. The summed E-state index contributed by atoms with van der Waals surface area (Å²) < 4.78 is 10.6. The molecular formula is C22H20N2O5. The summed E-state index contributed by atoms with van der Waals surface area (Å²) in [4.78, 5) is 40.2. The van der Waals surface area contributed by atoms with Gasteiger partial charge in [0, 0.05) is 23.2 Å². The minimum Gasteiger partial charge on any atom is -0.452 e. The molecule has 2 aromatic carbocycles. The van der Waals surface area contributed by atoms with Crippen LogP contribution in [0.25, 0.3) is 11.5 Å². The molecule has 0 radical (unpaired) electrons. The first kappa shape index (κ1) is 20.0. The first-order valence-corrected chi connectivity index (χ1v) is 9.11. The minimum absolute atomic E-state index is 0.0364. The second-order valence-electron chi connectivity index (χ2n) is 6.27. The Morgan fingerprint density at radius 1 is 1.03 bits per heavy atom. The van der Waals surface area contributed by atoms with Crippen LogP contribution < -0.4 is 5.32 Å². The van der Waals surface area contributed by atoms with Crippen LogP contribution >= 0.6 is 0 Å². The maximum atomic E-state index is 12.3. The number of nitrogens with one attached hydrogen (secondary N) is 1. The maximum Gasteiger partial charge on any atom is 0.361 e. The van der Waals surface area contributed by atoms with Gasteiger partial charge in [-0.2, -0.15) is 0 Å². The lowest BCUT2D eigenvalue weighted by atomic mass is 10.1. The van der Waals surface area contributed by atoms with Crippen molar-refractivity contribution in [1.82, 2.24) is 4.98 Å². The quantitative estimate of drug-likeness (QED) is 0.481. The number of Topliss-reactive ketones (excluding diaryl/α,β-unsaturated/α-hetero) is 1. The van der Waals surface area contributed by atoms with Crippen molar-refractivity contribution < 1.29 is 23.5 Å². The van der Waals surface area contributed by atoms with Crippen LogP contribution in [-0.2, 0) is 9.53 Å². The van der Waals surface area contributed by atoms with Gasteiger partial charge in [-0.15, -0.1) is 0 Å². The number of oxazole rings is 1. The molecule has 1 heterocycles. The predicted molar refractivity (Wildman–Crippen MR) is 107 cm³/mol. The molecule has 0 unspecified atom stereocenters. The van der Waals surface area contributed by atoms with Crippen LogP contribution in [0.3, 0.4) is 0 Å². The number of ether oxygens (including phenoxy) is 1. The normalized spacial score (nSPS) is 10.4. The number of hydrogen-bond donors (Lipinski definition) is 1. The molecule has 1 N–H and O–H groups in total. The molecule has 0 atom stereocenters. The Labute approximate surface area is 167 Å². The fourth-order valence-corrected chi connectivity index (χ4v) is 2.56. The number of ketones is 1. The maximum absolute atomic E-state index is 12.3. The van der Waals surface area contributed by atoms with Crippen LogP contribution in [0.1, 0.15) is 40.0 Å². The van der Waals surface area contributed by atoms with Crippen LogP contribution in [0, 0.1) is 6.92 Å². The molecule has 0 saturated carbocycles. The first-order valence-electron chi connectivity index (χ1n) is 9.11. The molecule has 0 bridgehead atoms. The highest BCUT2D eigenvalue weighted by Crippen LogP contribution is 2.22. The van der Waals surface area contributed by atoms with Gasteiger partial charge in [0.15, 0.2) is 18.1 Å². The third-order valence-corrected chi connectivity index (χ3v) is 4.16. The van der Waals surface area contributed by atoms with Gasteiger partial charge in [0.05, 0.1) is 0 Å². The lowest BCUT2D eigenvalue weighted by Gasteiger charge is -2.06. The van der Waals surface area contributed by atoms with E-state index >= 15 is 0 Å². The van der Waals surface area contributed by atoms with E-state index in [1.165, 1.54) is 0 Å². The number of benzene rings is 2. The molecule has 0 saturated heterocycles. The molecule has 148 valence electrons. The smallest absolute Gasteiger partial charge is 0.361 e. The Hall–Kier alpha value is -3.74. The molecule has 0 aliphatic heterocycles. The number of aryl methyl sites for hydroxylation is 1. The van der Waals surface area contributed by atoms with E-state index in [1.807, 2.05) is 30.3 Å². The zero-order valence-electron chi connectivity index (χ0n) is 16.1. The molecule has 1 amide bonds. The summed E-state index contributed by atoms with van der Waals surface area (Å²) in [5, 5.41) is 2.70. The van der Waals surface area contributed by atoms with Gasteiger partial charge < -0.3 is 14.5 Å². The molecular weight excluding hydrogens is 372 g/mol. The number of anilines is 1. The van der Waals surface area contributed by atoms with E-state index in [4.69, 9.17) is 9.15 Å². The third kappa shape index (κ3) is 4.95. The summed E-state index contributed by atoms with van der Waals surface area (Å²) in [7, 11) is 0. The average molecular weight is 392 g/mol. The number of esters is 1. The molecule has 7 nitrogen and oxygen atoms in total. The zero-order chi connectivity index (χ0) is 20.8. The second-order valence-corrected chi connectivity index (χ2v) is 6.27. The molecule has 3 rings (SSSR count). The Morgan fingerprint density at radius 2 is 1.72 bits per heavy atom. The van der Waals surface area contributed by atoms with Crippen molar-refractivity contribution in [2.75, 3.05) is 11.9 Å². The van der Waals surface area contributed by atoms with Gasteiger partial charge >= 0.3 is 5.97 Å². The largest absolute Gasteiger partial charge is 0.452 e. The number of hydrogen-bond acceptors (Lipinski definition) is 6. The highest BCUT2D eigenvalue weighted by atomic mass is 16.5. The van der Waals surface area contributed by atoms with E-state index in [9.17, 15) is 14.4 Å². The van der Waals surface area contributed by atoms with Gasteiger partial charge in [-0.05, 0) is 43.3 Å². The van der Waals surface area contributed by atoms with Crippen LogP contribution in [-0.4, -0.2) is 29.3 Å². The van der Waals surface area contributed by atoms with Crippen molar-refractivity contribution in [3.05, 3.63) is 71.6 Å². The summed E-state index contributed by atoms with van der Waals surface area (Å²) in [6.45, 7) is 2.94. The van der Waals surface area contributed by atoms with Crippen molar-refractivity contribution in [2.24, 2.45) is 0 Å². The van der Waals surface area contributed by atoms with Crippen LogP contribution in [0.15, 0.2) is 59.0 Å². The Balaban J connectivity index is 1.61. The average Bonchev–Trinajstić information content (AvgIpc) is 3.14. The summed E-state index contributed by atoms with van der Waals surface area (Å²) in [5.41, 5.74) is 1.74. The van der Waals surface area contributed by atoms with Crippen molar-refractivity contribution in [3.8, 4) is 11.5 Å². The third-order valence-electron chi connectivity index (χ3n) is 4.16. The van der Waals surface area contributed by atoms with E-state index in [0.29, 0.717) is 29.3 Å². The van der Waals surface area contributed by atoms with E-state index in [2.05, 4.69) is 10.3 Å². The topological polar surface area (TPSA) is 98.5 Å². The number of amides is 1. The van der Waals surface area contributed by atoms with Crippen molar-refractivity contribution in [1.29, 1.82) is 0 Å². The summed E-state index contributed by atoms with van der Waals surface area (Å²) in [5.74, 6) is -0.580. The van der Waals surface area contributed by atoms with Gasteiger partial charge in [-0.1, -0.05) is 25.1 Å². The molecule has 0 aliphatic carbocycles. The highest BCUT2D eigenvalue weighted by Gasteiger charge is 2.20. The fourth-order valence-electron chi connectivity index (χ4n) is 2.56. The van der Waals surface area contributed by atoms with Gasteiger partial charge in [-0.25, -0.2) is 9.78 Å². The Bertz CT molecular complexity index is 1020. The monoisotopic (exact) mass is 392 g/mol. The van der Waals surface area contributed by atoms with Crippen LogP contribution in [0.2, 0.25) is 0 Å².